The zero-order chi connectivity index (χ0) is 16.0. The molecule has 0 aliphatic rings. The minimum Gasteiger partial charge on any atom is -0.507 e. The number of carbonyl (C=O) groups excluding carboxylic acids is 1. The van der Waals surface area contributed by atoms with E-state index < -0.39 is 5.97 Å². The van der Waals surface area contributed by atoms with Crippen LogP contribution in [0.5, 0.6) is 11.5 Å². The maximum atomic E-state index is 11.4. The van der Waals surface area contributed by atoms with Gasteiger partial charge < -0.3 is 14.6 Å². The van der Waals surface area contributed by atoms with Crippen LogP contribution in [-0.4, -0.2) is 24.8 Å². The van der Waals surface area contributed by atoms with E-state index in [-0.39, 0.29) is 11.3 Å². The molecular weight excluding hydrogens is 268 g/mol. The van der Waals surface area contributed by atoms with Gasteiger partial charge >= 0.3 is 5.97 Å². The first-order chi connectivity index (χ1) is 9.73. The van der Waals surface area contributed by atoms with E-state index in [1.807, 2.05) is 0 Å². The molecule has 0 aromatic heterocycles. The molecule has 118 valence electrons. The van der Waals surface area contributed by atoms with Crippen LogP contribution in [0.15, 0.2) is 18.2 Å². The number of hydrogen-bond donors (Lipinski definition) is 1. The van der Waals surface area contributed by atoms with E-state index in [4.69, 9.17) is 4.74 Å². The fourth-order valence-electron chi connectivity index (χ4n) is 2.41. The summed E-state index contributed by atoms with van der Waals surface area (Å²) in [6.07, 6.45) is 2.10. The fraction of sp³-hybridized carbons (Fsp3) is 0.588. The first kappa shape index (κ1) is 17.3. The Morgan fingerprint density at radius 1 is 1.33 bits per heavy atom. The molecule has 4 heteroatoms. The summed E-state index contributed by atoms with van der Waals surface area (Å²) < 4.78 is 10.2. The molecule has 0 fully saturated rings. The minimum atomic E-state index is -0.558. The highest BCUT2D eigenvalue weighted by molar-refractivity contribution is 5.92. The van der Waals surface area contributed by atoms with E-state index in [0.29, 0.717) is 23.7 Å². The van der Waals surface area contributed by atoms with Crippen molar-refractivity contribution < 1.29 is 19.4 Å². The van der Waals surface area contributed by atoms with Crippen LogP contribution < -0.4 is 4.74 Å². The molecular formula is C17H26O4. The van der Waals surface area contributed by atoms with Gasteiger partial charge in [0.1, 0.15) is 17.1 Å². The second-order valence-electron chi connectivity index (χ2n) is 6.68. The molecule has 0 amide bonds. The summed E-state index contributed by atoms with van der Waals surface area (Å²) in [4.78, 5) is 11.4. The van der Waals surface area contributed by atoms with Crippen LogP contribution >= 0.6 is 0 Å². The van der Waals surface area contributed by atoms with Gasteiger partial charge in [-0.15, -0.1) is 0 Å². The number of phenols is 1. The van der Waals surface area contributed by atoms with Crippen molar-refractivity contribution in [1.82, 2.24) is 0 Å². The van der Waals surface area contributed by atoms with E-state index in [1.54, 1.807) is 6.07 Å². The molecule has 0 aliphatic carbocycles. The van der Waals surface area contributed by atoms with Crippen LogP contribution in [0.1, 0.15) is 50.9 Å². The van der Waals surface area contributed by atoms with E-state index in [2.05, 4.69) is 32.4 Å². The second-order valence-corrected chi connectivity index (χ2v) is 6.68. The molecule has 0 saturated carbocycles. The predicted molar refractivity (Wildman–Crippen MR) is 82.8 cm³/mol. The summed E-state index contributed by atoms with van der Waals surface area (Å²) in [5.41, 5.74) is 0.464. The molecule has 0 saturated heterocycles. The van der Waals surface area contributed by atoms with E-state index in [1.165, 1.54) is 19.2 Å². The summed E-state index contributed by atoms with van der Waals surface area (Å²) in [6.45, 7) is 9.50. The smallest absolute Gasteiger partial charge is 0.341 e. The third-order valence-electron chi connectivity index (χ3n) is 3.21. The first-order valence-corrected chi connectivity index (χ1v) is 7.27. The Morgan fingerprint density at radius 3 is 2.52 bits per heavy atom. The standard InChI is InChI=1S/C17H26O4/c1-12(11-17(2,3)4)8-9-21-13-6-7-14(15(18)10-13)16(19)20-5/h6-7,10,12,18H,8-9,11H2,1-5H3. The molecule has 1 rings (SSSR count). The van der Waals surface area contributed by atoms with Gasteiger partial charge in [-0.25, -0.2) is 4.79 Å². The minimum absolute atomic E-state index is 0.123. The summed E-state index contributed by atoms with van der Waals surface area (Å²) in [6, 6.07) is 4.62. The van der Waals surface area contributed by atoms with Gasteiger partial charge in [-0.3, -0.25) is 0 Å². The number of esters is 1. The molecule has 1 unspecified atom stereocenters. The van der Waals surface area contributed by atoms with Crippen molar-refractivity contribution in [2.24, 2.45) is 11.3 Å². The van der Waals surface area contributed by atoms with Crippen molar-refractivity contribution in [3.63, 3.8) is 0 Å². The Hall–Kier alpha value is -1.71. The molecule has 1 aromatic carbocycles. The first-order valence-electron chi connectivity index (χ1n) is 7.27. The Kier molecular flexibility index (Phi) is 6.06. The molecule has 1 aromatic rings. The summed E-state index contributed by atoms with van der Waals surface area (Å²) >= 11 is 0. The average Bonchev–Trinajstić information content (AvgIpc) is 2.36. The monoisotopic (exact) mass is 294 g/mol. The second kappa shape index (κ2) is 7.34. The van der Waals surface area contributed by atoms with Crippen LogP contribution in [-0.2, 0) is 4.74 Å². The quantitative estimate of drug-likeness (QED) is 0.805. The molecule has 1 atom stereocenters. The van der Waals surface area contributed by atoms with Crippen LogP contribution in [0.2, 0.25) is 0 Å². The Labute approximate surface area is 127 Å². The van der Waals surface area contributed by atoms with E-state index in [0.717, 1.165) is 12.8 Å². The number of hydrogen-bond acceptors (Lipinski definition) is 4. The van der Waals surface area contributed by atoms with Gasteiger partial charge in [0.15, 0.2) is 0 Å². The zero-order valence-corrected chi connectivity index (χ0v) is 13.6. The van der Waals surface area contributed by atoms with Crippen molar-refractivity contribution >= 4 is 5.97 Å². The maximum Gasteiger partial charge on any atom is 0.341 e. The zero-order valence-electron chi connectivity index (χ0n) is 13.6. The van der Waals surface area contributed by atoms with Crippen LogP contribution in [0, 0.1) is 11.3 Å². The van der Waals surface area contributed by atoms with Gasteiger partial charge in [-0.1, -0.05) is 27.7 Å². The third kappa shape index (κ3) is 6.06. The van der Waals surface area contributed by atoms with Gasteiger partial charge in [0.05, 0.1) is 13.7 Å². The van der Waals surface area contributed by atoms with Gasteiger partial charge in [0.2, 0.25) is 0 Å². The summed E-state index contributed by atoms with van der Waals surface area (Å²) in [5, 5.41) is 9.77. The SMILES string of the molecule is COC(=O)c1ccc(OCCC(C)CC(C)(C)C)cc1O. The number of aromatic hydroxyl groups is 1. The maximum absolute atomic E-state index is 11.4. The van der Waals surface area contributed by atoms with Crippen molar-refractivity contribution in [1.29, 1.82) is 0 Å². The number of phenolic OH excluding ortho intramolecular Hbond substituents is 1. The van der Waals surface area contributed by atoms with Crippen LogP contribution in [0.25, 0.3) is 0 Å². The molecule has 0 heterocycles. The van der Waals surface area contributed by atoms with E-state index >= 15 is 0 Å². The number of rotatable bonds is 6. The van der Waals surface area contributed by atoms with Gasteiger partial charge in [0.25, 0.3) is 0 Å². The van der Waals surface area contributed by atoms with Crippen LogP contribution in [0.4, 0.5) is 0 Å². The van der Waals surface area contributed by atoms with Crippen LogP contribution in [0.3, 0.4) is 0 Å². The molecule has 4 nitrogen and oxygen atoms in total. The van der Waals surface area contributed by atoms with E-state index in [9.17, 15) is 9.90 Å². The highest BCUT2D eigenvalue weighted by Gasteiger charge is 2.15. The normalized spacial score (nSPS) is 12.8. The van der Waals surface area contributed by atoms with Gasteiger partial charge in [0, 0.05) is 6.07 Å². The third-order valence-corrected chi connectivity index (χ3v) is 3.21. The number of ether oxygens (including phenoxy) is 2. The Morgan fingerprint density at radius 2 is 2.00 bits per heavy atom. The largest absolute Gasteiger partial charge is 0.507 e. The number of benzene rings is 1. The summed E-state index contributed by atoms with van der Waals surface area (Å²) in [7, 11) is 1.28. The van der Waals surface area contributed by atoms with Crippen molar-refractivity contribution in [2.75, 3.05) is 13.7 Å². The van der Waals surface area contributed by atoms with Crippen molar-refractivity contribution in [2.45, 2.75) is 40.5 Å². The highest BCUT2D eigenvalue weighted by atomic mass is 16.5. The average molecular weight is 294 g/mol. The molecule has 0 aliphatic heterocycles. The predicted octanol–water partition coefficient (Wildman–Crippen LogP) is 4.02. The van der Waals surface area contributed by atoms with Crippen molar-refractivity contribution in [3.8, 4) is 11.5 Å². The topological polar surface area (TPSA) is 55.8 Å². The molecule has 0 radical (unpaired) electrons. The summed E-state index contributed by atoms with van der Waals surface area (Å²) in [5.74, 6) is 0.455. The lowest BCUT2D eigenvalue weighted by Crippen LogP contribution is -2.13. The lowest BCUT2D eigenvalue weighted by molar-refractivity contribution is 0.0597. The fourth-order valence-corrected chi connectivity index (χ4v) is 2.41. The lowest BCUT2D eigenvalue weighted by Gasteiger charge is -2.23. The Bertz CT molecular complexity index is 474. The number of carbonyl (C=O) groups is 1. The van der Waals surface area contributed by atoms with Crippen molar-refractivity contribution in [3.05, 3.63) is 23.8 Å². The molecule has 1 N–H and O–H groups in total. The van der Waals surface area contributed by atoms with Gasteiger partial charge in [-0.2, -0.15) is 0 Å². The van der Waals surface area contributed by atoms with Gasteiger partial charge in [-0.05, 0) is 36.3 Å². The lowest BCUT2D eigenvalue weighted by atomic mass is 9.84. The molecule has 0 bridgehead atoms. The highest BCUT2D eigenvalue weighted by Crippen LogP contribution is 2.27. The molecule has 21 heavy (non-hydrogen) atoms. The molecule has 0 spiro atoms. The Balaban J connectivity index is 2.50. The number of methoxy groups -OCH3 is 1.